The normalized spacial score (nSPS) is 14.1. The van der Waals surface area contributed by atoms with Gasteiger partial charge < -0.3 is 34.9 Å². The number of amides is 2. The minimum Gasteiger partial charge on any atom is -0.493 e. The molecule has 1 heterocycles. The number of thiazole rings is 1. The van der Waals surface area contributed by atoms with Crippen molar-refractivity contribution >= 4 is 51.7 Å². The number of nitrogens with one attached hydrogen (secondary N) is 3. The average molecular weight is 671 g/mol. The van der Waals surface area contributed by atoms with Gasteiger partial charge in [-0.2, -0.15) is 11.8 Å². The van der Waals surface area contributed by atoms with Gasteiger partial charge in [0.25, 0.3) is 0 Å². The van der Waals surface area contributed by atoms with Crippen molar-refractivity contribution < 1.29 is 33.3 Å². The second-order valence-electron chi connectivity index (χ2n) is 10.5. The fourth-order valence-corrected chi connectivity index (χ4v) is 6.72. The number of hydrogen-bond acceptors (Lipinski definition) is 12. The van der Waals surface area contributed by atoms with Crippen LogP contribution < -0.4 is 35.6 Å². The molecule has 3 aromatic rings. The molecule has 0 radical (unpaired) electrons. The van der Waals surface area contributed by atoms with Gasteiger partial charge in [-0.1, -0.05) is 6.07 Å². The van der Waals surface area contributed by atoms with Crippen molar-refractivity contribution in [3.8, 4) is 28.4 Å². The van der Waals surface area contributed by atoms with Crippen LogP contribution >= 0.6 is 23.1 Å². The number of fused-ring (bicyclic) bond motifs is 3. The summed E-state index contributed by atoms with van der Waals surface area (Å²) in [6, 6.07) is 5.55. The summed E-state index contributed by atoms with van der Waals surface area (Å²) in [6.45, 7) is 3.15. The number of aromatic nitrogens is 1. The zero-order chi connectivity index (χ0) is 33.5. The third kappa shape index (κ3) is 7.39. The van der Waals surface area contributed by atoms with Gasteiger partial charge >= 0.3 is 5.97 Å². The Morgan fingerprint density at radius 3 is 2.46 bits per heavy atom. The van der Waals surface area contributed by atoms with Crippen molar-refractivity contribution in [1.29, 1.82) is 0 Å². The number of thioether (sulfide) groups is 1. The summed E-state index contributed by atoms with van der Waals surface area (Å²) in [5.41, 5.74) is 2.88. The Kier molecular flexibility index (Phi) is 11.5. The molecular weight excluding hydrogens is 633 g/mol. The van der Waals surface area contributed by atoms with Crippen LogP contribution in [-0.2, 0) is 20.7 Å². The fourth-order valence-electron chi connectivity index (χ4n) is 5.45. The van der Waals surface area contributed by atoms with Crippen LogP contribution in [-0.4, -0.2) is 69.3 Å². The Hall–Kier alpha value is -4.30. The molecule has 3 N–H and O–H groups in total. The Morgan fingerprint density at radius 1 is 1.09 bits per heavy atom. The van der Waals surface area contributed by atoms with E-state index in [0.717, 1.165) is 22.5 Å². The van der Waals surface area contributed by atoms with Crippen LogP contribution in [0.3, 0.4) is 0 Å². The summed E-state index contributed by atoms with van der Waals surface area (Å²) in [7, 11) is 5.88. The minimum absolute atomic E-state index is 0.133. The van der Waals surface area contributed by atoms with Gasteiger partial charge in [0.15, 0.2) is 22.3 Å². The zero-order valence-electron chi connectivity index (χ0n) is 26.8. The number of benzene rings is 1. The number of esters is 1. The smallest absolute Gasteiger partial charge is 0.357 e. The van der Waals surface area contributed by atoms with E-state index in [0.29, 0.717) is 58.3 Å². The predicted octanol–water partition coefficient (Wildman–Crippen LogP) is 4.59. The topological polar surface area (TPSA) is 154 Å². The van der Waals surface area contributed by atoms with E-state index in [4.69, 9.17) is 18.9 Å². The molecule has 0 bridgehead atoms. The van der Waals surface area contributed by atoms with E-state index in [2.05, 4.69) is 20.9 Å². The highest BCUT2D eigenvalue weighted by molar-refractivity contribution is 7.98. The minimum atomic E-state index is -0.801. The molecule has 0 unspecified atom stereocenters. The first kappa shape index (κ1) is 34.6. The van der Waals surface area contributed by atoms with Crippen molar-refractivity contribution in [1.82, 2.24) is 10.3 Å². The van der Waals surface area contributed by atoms with Gasteiger partial charge in [0.2, 0.25) is 23.0 Å². The summed E-state index contributed by atoms with van der Waals surface area (Å²) in [4.78, 5) is 56.4. The molecular formula is C32H38N4O8S2. The number of anilines is 2. The van der Waals surface area contributed by atoms with E-state index >= 15 is 0 Å². The van der Waals surface area contributed by atoms with Crippen LogP contribution in [0.4, 0.5) is 10.8 Å². The summed E-state index contributed by atoms with van der Waals surface area (Å²) in [6.07, 6.45) is 3.42. The molecule has 2 amide bonds. The van der Waals surface area contributed by atoms with Gasteiger partial charge in [-0.25, -0.2) is 9.78 Å². The Labute approximate surface area is 275 Å². The lowest BCUT2D eigenvalue weighted by Gasteiger charge is -2.19. The summed E-state index contributed by atoms with van der Waals surface area (Å²) in [5, 5.41) is 9.17. The quantitative estimate of drug-likeness (QED) is 0.232. The number of carbonyl (C=O) groups excluding carboxylic acids is 3. The lowest BCUT2D eigenvalue weighted by molar-refractivity contribution is -0.120. The number of aryl methyl sites for hydroxylation is 2. The maximum absolute atomic E-state index is 13.8. The van der Waals surface area contributed by atoms with Gasteiger partial charge in [-0.15, -0.1) is 11.3 Å². The van der Waals surface area contributed by atoms with E-state index in [9.17, 15) is 19.2 Å². The Bertz CT molecular complexity index is 1690. The molecule has 0 fully saturated rings. The van der Waals surface area contributed by atoms with Crippen LogP contribution in [0.15, 0.2) is 29.1 Å². The molecule has 2 atom stereocenters. The highest BCUT2D eigenvalue weighted by atomic mass is 32.2. The van der Waals surface area contributed by atoms with Crippen LogP contribution in [0.1, 0.15) is 52.3 Å². The standard InChI is InChI=1S/C32H38N4O8S2/c1-16-27(31(40)44-6)35-32(46-16)36-30(39)23(12-13-45-7)34-22-11-9-19-20(15-24(22)38)21(33-17(2)37)10-8-18-14-25(41-3)28(42-4)29(43-5)26(18)19/h9,11,14-15,21,23H,8,10,12-13H2,1-7H3,(H,33,37)(H,34,38)(H,35,36,39)/t21-,23+/m0/s1. The molecule has 246 valence electrons. The molecule has 0 saturated heterocycles. The van der Waals surface area contributed by atoms with Crippen LogP contribution in [0, 0.1) is 6.92 Å². The summed E-state index contributed by atoms with van der Waals surface area (Å²) in [5.74, 6) is 0.746. The first-order chi connectivity index (χ1) is 22.1. The number of carbonyl (C=O) groups is 3. The third-order valence-electron chi connectivity index (χ3n) is 7.58. The van der Waals surface area contributed by atoms with Gasteiger partial charge in [-0.3, -0.25) is 14.4 Å². The molecule has 1 aliphatic carbocycles. The monoisotopic (exact) mass is 670 g/mol. The van der Waals surface area contributed by atoms with E-state index in [1.54, 1.807) is 37.9 Å². The number of hydrogen-bond donors (Lipinski definition) is 3. The van der Waals surface area contributed by atoms with Gasteiger partial charge in [0, 0.05) is 17.4 Å². The number of rotatable bonds is 12. The molecule has 0 spiro atoms. The largest absolute Gasteiger partial charge is 0.493 e. The maximum atomic E-state index is 13.8. The lowest BCUT2D eigenvalue weighted by atomic mass is 9.95. The number of nitrogens with zero attached hydrogens (tertiary/aromatic N) is 1. The van der Waals surface area contributed by atoms with Crippen molar-refractivity contribution in [2.45, 2.75) is 45.2 Å². The van der Waals surface area contributed by atoms with E-state index in [1.807, 2.05) is 12.3 Å². The highest BCUT2D eigenvalue weighted by Crippen LogP contribution is 2.50. The van der Waals surface area contributed by atoms with Crippen molar-refractivity contribution in [3.63, 3.8) is 0 Å². The SMILES string of the molecule is COC(=O)c1nc(NC(=O)[C@@H](CCSC)Nc2ccc3c(cc2=O)[C@@H](NC(C)=O)CCc2cc(OC)c(OC)c(OC)c2-3)sc1C. The van der Waals surface area contributed by atoms with Crippen molar-refractivity contribution in [2.24, 2.45) is 0 Å². The second kappa shape index (κ2) is 15.3. The molecule has 1 aromatic heterocycles. The third-order valence-corrected chi connectivity index (χ3v) is 9.11. The predicted molar refractivity (Wildman–Crippen MR) is 180 cm³/mol. The molecule has 0 aliphatic heterocycles. The summed E-state index contributed by atoms with van der Waals surface area (Å²) < 4.78 is 21.9. The van der Waals surface area contributed by atoms with Crippen LogP contribution in [0.25, 0.3) is 11.1 Å². The zero-order valence-corrected chi connectivity index (χ0v) is 28.5. The van der Waals surface area contributed by atoms with E-state index < -0.39 is 24.0 Å². The number of ether oxygens (including phenoxy) is 4. The number of methoxy groups -OCH3 is 4. The Balaban J connectivity index is 1.80. The van der Waals surface area contributed by atoms with Gasteiger partial charge in [-0.05, 0) is 73.1 Å². The fraction of sp³-hybridized carbons (Fsp3) is 0.406. The molecule has 4 rings (SSSR count). The lowest BCUT2D eigenvalue weighted by Crippen LogP contribution is -2.36. The van der Waals surface area contributed by atoms with E-state index in [-0.39, 0.29) is 27.8 Å². The van der Waals surface area contributed by atoms with E-state index in [1.165, 1.54) is 34.3 Å². The molecule has 0 saturated carbocycles. The van der Waals surface area contributed by atoms with Crippen LogP contribution in [0.5, 0.6) is 17.2 Å². The first-order valence-corrected chi connectivity index (χ1v) is 16.7. The molecule has 1 aliphatic rings. The maximum Gasteiger partial charge on any atom is 0.357 e. The van der Waals surface area contributed by atoms with Gasteiger partial charge in [0.1, 0.15) is 6.04 Å². The van der Waals surface area contributed by atoms with Crippen molar-refractivity contribution in [2.75, 3.05) is 51.1 Å². The molecule has 12 nitrogen and oxygen atoms in total. The van der Waals surface area contributed by atoms with Crippen LogP contribution in [0.2, 0.25) is 0 Å². The molecule has 2 aromatic carbocycles. The summed E-state index contributed by atoms with van der Waals surface area (Å²) >= 11 is 2.72. The van der Waals surface area contributed by atoms with Crippen molar-refractivity contribution in [3.05, 3.63) is 56.2 Å². The molecule has 46 heavy (non-hydrogen) atoms. The molecule has 14 heteroatoms. The Morgan fingerprint density at radius 2 is 1.83 bits per heavy atom. The average Bonchev–Trinajstić information content (AvgIpc) is 3.24. The second-order valence-corrected chi connectivity index (χ2v) is 12.7. The van der Waals surface area contributed by atoms with Gasteiger partial charge in [0.05, 0.1) is 40.2 Å². The first-order valence-electron chi connectivity index (χ1n) is 14.5. The highest BCUT2D eigenvalue weighted by Gasteiger charge is 2.30.